The number of hydrogen-bond acceptors (Lipinski definition) is 1. The molecular weight excluding hydrogens is 272 g/mol. The van der Waals surface area contributed by atoms with Crippen LogP contribution in [0.5, 0.6) is 0 Å². The van der Waals surface area contributed by atoms with Crippen LogP contribution in [-0.2, 0) is 5.75 Å². The van der Waals surface area contributed by atoms with Gasteiger partial charge in [0.1, 0.15) is 0 Å². The summed E-state index contributed by atoms with van der Waals surface area (Å²) in [5.41, 5.74) is 1.18. The highest BCUT2D eigenvalue weighted by Crippen LogP contribution is 2.31. The molecule has 94 valence electrons. The van der Waals surface area contributed by atoms with Gasteiger partial charge in [0.15, 0.2) is 0 Å². The number of fused-ring (bicyclic) bond motifs is 1. The minimum Gasteiger partial charge on any atom is -0.121 e. The lowest BCUT2D eigenvalue weighted by molar-refractivity contribution is 1.40. The third-order valence-corrected chi connectivity index (χ3v) is 4.58. The highest BCUT2D eigenvalue weighted by atomic mass is 35.5. The lowest BCUT2D eigenvalue weighted by Crippen LogP contribution is -1.83. The van der Waals surface area contributed by atoms with Crippen LogP contribution in [0, 0.1) is 0 Å². The van der Waals surface area contributed by atoms with Crippen molar-refractivity contribution in [3.05, 3.63) is 77.3 Å². The van der Waals surface area contributed by atoms with E-state index in [4.69, 9.17) is 11.6 Å². The van der Waals surface area contributed by atoms with Crippen molar-refractivity contribution in [1.82, 2.24) is 0 Å². The molecule has 0 spiro atoms. The van der Waals surface area contributed by atoms with Gasteiger partial charge in [-0.15, -0.1) is 11.8 Å². The van der Waals surface area contributed by atoms with Crippen LogP contribution in [0.1, 0.15) is 5.56 Å². The standard InChI is InChI=1S/C17H13ClS/c18-16-10-4-2-7-14(16)12-19-17-11-5-8-13-6-1-3-9-15(13)17/h1-11H,12H2. The van der Waals surface area contributed by atoms with E-state index in [0.717, 1.165) is 10.8 Å². The first-order valence-electron chi connectivity index (χ1n) is 6.18. The van der Waals surface area contributed by atoms with Crippen molar-refractivity contribution in [2.75, 3.05) is 0 Å². The predicted molar refractivity (Wildman–Crippen MR) is 85.0 cm³/mol. The van der Waals surface area contributed by atoms with E-state index < -0.39 is 0 Å². The fraction of sp³-hybridized carbons (Fsp3) is 0.0588. The van der Waals surface area contributed by atoms with E-state index >= 15 is 0 Å². The summed E-state index contributed by atoms with van der Waals surface area (Å²) in [7, 11) is 0. The van der Waals surface area contributed by atoms with Crippen LogP contribution >= 0.6 is 23.4 Å². The average molecular weight is 285 g/mol. The summed E-state index contributed by atoms with van der Waals surface area (Å²) in [4.78, 5) is 1.30. The van der Waals surface area contributed by atoms with E-state index in [1.54, 1.807) is 0 Å². The van der Waals surface area contributed by atoms with Gasteiger partial charge in [0.2, 0.25) is 0 Å². The minimum atomic E-state index is 0.843. The van der Waals surface area contributed by atoms with Gasteiger partial charge in [-0.05, 0) is 28.5 Å². The molecule has 0 nitrogen and oxygen atoms in total. The maximum absolute atomic E-state index is 6.20. The SMILES string of the molecule is Clc1ccccc1CSc1cccc2ccccc12. The normalized spacial score (nSPS) is 10.8. The molecule has 0 saturated heterocycles. The van der Waals surface area contributed by atoms with Crippen LogP contribution in [-0.4, -0.2) is 0 Å². The van der Waals surface area contributed by atoms with Gasteiger partial charge in [-0.2, -0.15) is 0 Å². The second-order valence-corrected chi connectivity index (χ2v) is 5.78. The molecule has 0 amide bonds. The molecule has 0 atom stereocenters. The van der Waals surface area contributed by atoms with Crippen molar-refractivity contribution >= 4 is 34.1 Å². The van der Waals surface area contributed by atoms with E-state index in [1.165, 1.54) is 21.2 Å². The summed E-state index contributed by atoms with van der Waals surface area (Å²) in [6.07, 6.45) is 0. The van der Waals surface area contributed by atoms with Gasteiger partial charge in [-0.1, -0.05) is 66.2 Å². The predicted octanol–water partition coefficient (Wildman–Crippen LogP) is 5.79. The Morgan fingerprint density at radius 1 is 0.789 bits per heavy atom. The molecule has 0 aliphatic rings. The molecular formula is C17H13ClS. The van der Waals surface area contributed by atoms with Crippen molar-refractivity contribution in [3.8, 4) is 0 Å². The second-order valence-electron chi connectivity index (χ2n) is 4.36. The summed E-state index contributed by atoms with van der Waals surface area (Å²) in [5, 5.41) is 3.43. The Balaban J connectivity index is 1.88. The van der Waals surface area contributed by atoms with Gasteiger partial charge in [-0.25, -0.2) is 0 Å². The lowest BCUT2D eigenvalue weighted by Gasteiger charge is -2.07. The molecule has 2 heteroatoms. The fourth-order valence-electron chi connectivity index (χ4n) is 2.09. The van der Waals surface area contributed by atoms with Crippen molar-refractivity contribution in [2.45, 2.75) is 10.6 Å². The first-order chi connectivity index (χ1) is 9.34. The Bertz CT molecular complexity index is 701. The van der Waals surface area contributed by atoms with E-state index in [-0.39, 0.29) is 0 Å². The molecule has 3 aromatic carbocycles. The molecule has 3 aromatic rings. The summed E-state index contributed by atoms with van der Waals surface area (Å²) in [5.74, 6) is 0.897. The molecule has 0 heterocycles. The first kappa shape index (κ1) is 12.6. The number of benzene rings is 3. The zero-order chi connectivity index (χ0) is 13.1. The quantitative estimate of drug-likeness (QED) is 0.549. The van der Waals surface area contributed by atoms with Crippen LogP contribution < -0.4 is 0 Å². The number of rotatable bonds is 3. The monoisotopic (exact) mass is 284 g/mol. The van der Waals surface area contributed by atoms with Crippen molar-refractivity contribution in [1.29, 1.82) is 0 Å². The molecule has 0 unspecified atom stereocenters. The molecule has 0 aliphatic heterocycles. The third kappa shape index (κ3) is 2.78. The Morgan fingerprint density at radius 3 is 2.42 bits per heavy atom. The topological polar surface area (TPSA) is 0 Å². The van der Waals surface area contributed by atoms with Crippen molar-refractivity contribution in [2.24, 2.45) is 0 Å². The van der Waals surface area contributed by atoms with Gasteiger partial charge in [0, 0.05) is 15.7 Å². The summed E-state index contributed by atoms with van der Waals surface area (Å²) >= 11 is 8.03. The van der Waals surface area contributed by atoms with Gasteiger partial charge in [0.05, 0.1) is 0 Å². The number of hydrogen-bond donors (Lipinski definition) is 0. The van der Waals surface area contributed by atoms with Gasteiger partial charge in [-0.3, -0.25) is 0 Å². The number of thioether (sulfide) groups is 1. The minimum absolute atomic E-state index is 0.843. The number of halogens is 1. The Morgan fingerprint density at radius 2 is 1.53 bits per heavy atom. The van der Waals surface area contributed by atoms with Crippen LogP contribution in [0.2, 0.25) is 5.02 Å². The zero-order valence-corrected chi connectivity index (χ0v) is 11.9. The highest BCUT2D eigenvalue weighted by Gasteiger charge is 2.03. The van der Waals surface area contributed by atoms with Crippen molar-refractivity contribution in [3.63, 3.8) is 0 Å². The molecule has 0 bridgehead atoms. The maximum atomic E-state index is 6.20. The van der Waals surface area contributed by atoms with E-state index in [9.17, 15) is 0 Å². The van der Waals surface area contributed by atoms with Crippen LogP contribution in [0.15, 0.2) is 71.6 Å². The molecule has 0 radical (unpaired) electrons. The molecule has 0 aliphatic carbocycles. The molecule has 0 saturated carbocycles. The second kappa shape index (κ2) is 5.68. The fourth-order valence-corrected chi connectivity index (χ4v) is 3.45. The Labute approximate surface area is 122 Å². The maximum Gasteiger partial charge on any atom is 0.0446 e. The molecule has 0 fully saturated rings. The molecule has 0 N–H and O–H groups in total. The average Bonchev–Trinajstić information content (AvgIpc) is 2.46. The van der Waals surface area contributed by atoms with Crippen LogP contribution in [0.4, 0.5) is 0 Å². The lowest BCUT2D eigenvalue weighted by atomic mass is 10.1. The van der Waals surface area contributed by atoms with Gasteiger partial charge in [0.25, 0.3) is 0 Å². The molecule has 19 heavy (non-hydrogen) atoms. The van der Waals surface area contributed by atoms with E-state index in [1.807, 2.05) is 30.0 Å². The smallest absolute Gasteiger partial charge is 0.0446 e. The van der Waals surface area contributed by atoms with Crippen molar-refractivity contribution < 1.29 is 0 Å². The first-order valence-corrected chi connectivity index (χ1v) is 7.55. The Hall–Kier alpha value is -1.44. The zero-order valence-electron chi connectivity index (χ0n) is 10.3. The summed E-state index contributed by atoms with van der Waals surface area (Å²) in [6, 6.07) is 22.9. The van der Waals surface area contributed by atoms with Gasteiger partial charge < -0.3 is 0 Å². The summed E-state index contributed by atoms with van der Waals surface area (Å²) < 4.78 is 0. The molecule has 3 rings (SSSR count). The third-order valence-electron chi connectivity index (χ3n) is 3.09. The molecule has 0 aromatic heterocycles. The highest BCUT2D eigenvalue weighted by molar-refractivity contribution is 7.98. The van der Waals surface area contributed by atoms with E-state index in [2.05, 4.69) is 48.5 Å². The van der Waals surface area contributed by atoms with Gasteiger partial charge >= 0.3 is 0 Å². The largest absolute Gasteiger partial charge is 0.121 e. The Kier molecular flexibility index (Phi) is 3.77. The summed E-state index contributed by atoms with van der Waals surface area (Å²) in [6.45, 7) is 0. The van der Waals surface area contributed by atoms with Crippen LogP contribution in [0.3, 0.4) is 0 Å². The van der Waals surface area contributed by atoms with E-state index in [0.29, 0.717) is 0 Å². The van der Waals surface area contributed by atoms with Crippen LogP contribution in [0.25, 0.3) is 10.8 Å².